The van der Waals surface area contributed by atoms with Crippen LogP contribution in [0.2, 0.25) is 0 Å². The number of ketones is 1. The van der Waals surface area contributed by atoms with Gasteiger partial charge in [-0.3, -0.25) is 4.79 Å². The third-order valence-corrected chi connectivity index (χ3v) is 8.07. The lowest BCUT2D eigenvalue weighted by Gasteiger charge is -2.36. The quantitative estimate of drug-likeness (QED) is 0.589. The van der Waals surface area contributed by atoms with Gasteiger partial charge in [0.25, 0.3) is 0 Å². The normalized spacial score (nSPS) is 19.8. The minimum Gasteiger partial charge on any atom is -0.371 e. The molecule has 30 heavy (non-hydrogen) atoms. The number of hydrogen-bond donors (Lipinski definition) is 0. The molecular formula is C25H33NO3S. The first-order valence-electron chi connectivity index (χ1n) is 10.8. The van der Waals surface area contributed by atoms with Gasteiger partial charge >= 0.3 is 0 Å². The highest BCUT2D eigenvalue weighted by atomic mass is 32.2. The Balaban J connectivity index is 1.62. The van der Waals surface area contributed by atoms with Crippen molar-refractivity contribution in [3.05, 3.63) is 65.2 Å². The Hall–Kier alpha value is -2.14. The number of sulfone groups is 1. The zero-order chi connectivity index (χ0) is 21.9. The first kappa shape index (κ1) is 22.5. The fourth-order valence-electron chi connectivity index (χ4n) is 4.17. The molecule has 0 N–H and O–H groups in total. The average molecular weight is 428 g/mol. The van der Waals surface area contributed by atoms with Crippen LogP contribution in [0, 0.1) is 11.8 Å². The fraction of sp³-hybridized carbons (Fsp3) is 0.480. The van der Waals surface area contributed by atoms with Gasteiger partial charge < -0.3 is 4.90 Å². The number of piperidine rings is 1. The van der Waals surface area contributed by atoms with Crippen molar-refractivity contribution >= 4 is 21.3 Å². The second kappa shape index (κ2) is 9.34. The summed E-state index contributed by atoms with van der Waals surface area (Å²) in [4.78, 5) is 15.1. The molecule has 1 aliphatic rings. The van der Waals surface area contributed by atoms with Crippen molar-refractivity contribution in [3.63, 3.8) is 0 Å². The molecule has 2 aromatic carbocycles. The molecule has 1 aliphatic heterocycles. The van der Waals surface area contributed by atoms with Crippen LogP contribution in [0.3, 0.4) is 0 Å². The van der Waals surface area contributed by atoms with Crippen LogP contribution < -0.4 is 4.90 Å². The van der Waals surface area contributed by atoms with Gasteiger partial charge in [0.1, 0.15) is 0 Å². The van der Waals surface area contributed by atoms with Gasteiger partial charge in [0.05, 0.1) is 11.0 Å². The first-order chi connectivity index (χ1) is 14.1. The van der Waals surface area contributed by atoms with Gasteiger partial charge in [0.15, 0.2) is 15.6 Å². The molecule has 0 spiro atoms. The van der Waals surface area contributed by atoms with Crippen LogP contribution in [0.15, 0.2) is 48.5 Å². The van der Waals surface area contributed by atoms with Crippen LogP contribution in [-0.2, 0) is 22.0 Å². The van der Waals surface area contributed by atoms with Crippen molar-refractivity contribution in [1.29, 1.82) is 0 Å². The van der Waals surface area contributed by atoms with Gasteiger partial charge in [-0.05, 0) is 55.4 Å². The minimum atomic E-state index is -3.14. The Bertz CT molecular complexity index is 952. The van der Waals surface area contributed by atoms with Crippen LogP contribution in [0.5, 0.6) is 0 Å². The van der Waals surface area contributed by atoms with Crippen molar-refractivity contribution in [1.82, 2.24) is 0 Å². The highest BCUT2D eigenvalue weighted by molar-refractivity contribution is 7.91. The molecular weight excluding hydrogens is 394 g/mol. The van der Waals surface area contributed by atoms with E-state index in [1.54, 1.807) is 38.1 Å². The molecule has 0 amide bonds. The van der Waals surface area contributed by atoms with Crippen molar-refractivity contribution in [2.24, 2.45) is 11.8 Å². The number of rotatable bonds is 7. The van der Waals surface area contributed by atoms with Gasteiger partial charge in [-0.1, -0.05) is 50.2 Å². The molecule has 0 bridgehead atoms. The van der Waals surface area contributed by atoms with Gasteiger partial charge in [0.2, 0.25) is 0 Å². The standard InChI is InChI=1S/C25H33NO3S/c1-18(2)30(28,29)17-22-5-9-23(10-6-22)25(27)14-21-7-11-24(12-8-21)26-15-19(3)13-20(4)16-26/h5-12,18-20H,13-17H2,1-4H3/t19-,20-/m1/s1. The van der Waals surface area contributed by atoms with Gasteiger partial charge in [-0.15, -0.1) is 0 Å². The first-order valence-corrected chi connectivity index (χ1v) is 12.5. The topological polar surface area (TPSA) is 54.5 Å². The van der Waals surface area contributed by atoms with Crippen molar-refractivity contribution in [3.8, 4) is 0 Å². The Morgan fingerprint density at radius 3 is 2.00 bits per heavy atom. The summed E-state index contributed by atoms with van der Waals surface area (Å²) in [7, 11) is -3.14. The number of Topliss-reactive ketones (excluding diaryl/α,β-unsaturated/α-hetero) is 1. The smallest absolute Gasteiger partial charge is 0.167 e. The zero-order valence-corrected chi connectivity index (χ0v) is 19.3. The van der Waals surface area contributed by atoms with Crippen molar-refractivity contribution in [2.75, 3.05) is 18.0 Å². The number of anilines is 1. The van der Waals surface area contributed by atoms with Crippen LogP contribution in [0.4, 0.5) is 5.69 Å². The monoisotopic (exact) mass is 427 g/mol. The van der Waals surface area contributed by atoms with Crippen LogP contribution in [0.1, 0.15) is 55.6 Å². The summed E-state index contributed by atoms with van der Waals surface area (Å²) in [5.74, 6) is 1.46. The predicted molar refractivity (Wildman–Crippen MR) is 124 cm³/mol. The lowest BCUT2D eigenvalue weighted by molar-refractivity contribution is 0.0993. The van der Waals surface area contributed by atoms with Crippen LogP contribution in [0.25, 0.3) is 0 Å². The largest absolute Gasteiger partial charge is 0.371 e. The summed E-state index contributed by atoms with van der Waals surface area (Å²) < 4.78 is 24.1. The minimum absolute atomic E-state index is 0.00827. The summed E-state index contributed by atoms with van der Waals surface area (Å²) in [5, 5.41) is -0.404. The predicted octanol–water partition coefficient (Wildman–Crippen LogP) is 4.92. The van der Waals surface area contributed by atoms with E-state index in [0.29, 0.717) is 23.8 Å². The second-order valence-electron chi connectivity index (χ2n) is 9.17. The maximum absolute atomic E-state index is 12.7. The number of benzene rings is 2. The molecule has 4 nitrogen and oxygen atoms in total. The van der Waals surface area contributed by atoms with E-state index in [1.807, 2.05) is 12.1 Å². The zero-order valence-electron chi connectivity index (χ0n) is 18.5. The van der Waals surface area contributed by atoms with E-state index in [9.17, 15) is 13.2 Å². The van der Waals surface area contributed by atoms with E-state index in [1.165, 1.54) is 12.1 Å². The average Bonchev–Trinajstić information content (AvgIpc) is 2.68. The summed E-state index contributed by atoms with van der Waals surface area (Å²) in [6, 6.07) is 15.3. The Kier molecular flexibility index (Phi) is 7.02. The second-order valence-corrected chi connectivity index (χ2v) is 11.7. The lowest BCUT2D eigenvalue weighted by atomic mass is 9.91. The molecule has 1 fully saturated rings. The summed E-state index contributed by atoms with van der Waals surface area (Å²) >= 11 is 0. The molecule has 2 aromatic rings. The number of carbonyl (C=O) groups excluding carboxylic acids is 1. The maximum Gasteiger partial charge on any atom is 0.167 e. The van der Waals surface area contributed by atoms with Crippen LogP contribution in [-0.4, -0.2) is 32.5 Å². The van der Waals surface area contributed by atoms with Crippen LogP contribution >= 0.6 is 0 Å². The van der Waals surface area contributed by atoms with E-state index >= 15 is 0 Å². The van der Waals surface area contributed by atoms with E-state index in [0.717, 1.165) is 24.2 Å². The number of hydrogen-bond acceptors (Lipinski definition) is 4. The number of carbonyl (C=O) groups is 1. The molecule has 0 radical (unpaired) electrons. The Morgan fingerprint density at radius 1 is 0.933 bits per heavy atom. The molecule has 1 heterocycles. The van der Waals surface area contributed by atoms with E-state index in [4.69, 9.17) is 0 Å². The molecule has 3 rings (SSSR count). The molecule has 5 heteroatoms. The highest BCUT2D eigenvalue weighted by Gasteiger charge is 2.22. The highest BCUT2D eigenvalue weighted by Crippen LogP contribution is 2.26. The third-order valence-electron chi connectivity index (χ3n) is 5.90. The van der Waals surface area contributed by atoms with E-state index in [-0.39, 0.29) is 11.5 Å². The van der Waals surface area contributed by atoms with Gasteiger partial charge in [0, 0.05) is 30.8 Å². The third kappa shape index (κ3) is 5.72. The SMILES string of the molecule is CC(C)S(=O)(=O)Cc1ccc(C(=O)Cc2ccc(N3C[C@H](C)C[C@@H](C)C3)cc2)cc1. The summed E-state index contributed by atoms with van der Waals surface area (Å²) in [5.41, 5.74) is 3.55. The van der Waals surface area contributed by atoms with Crippen molar-refractivity contribution < 1.29 is 13.2 Å². The van der Waals surface area contributed by atoms with E-state index in [2.05, 4.69) is 30.9 Å². The van der Waals surface area contributed by atoms with Crippen molar-refractivity contribution in [2.45, 2.75) is 51.5 Å². The number of nitrogens with zero attached hydrogens (tertiary/aromatic N) is 1. The molecule has 0 saturated carbocycles. The van der Waals surface area contributed by atoms with E-state index < -0.39 is 15.1 Å². The lowest BCUT2D eigenvalue weighted by Crippen LogP contribution is -2.38. The molecule has 2 atom stereocenters. The Morgan fingerprint density at radius 2 is 1.47 bits per heavy atom. The Labute approximate surface area is 181 Å². The molecule has 0 aromatic heterocycles. The van der Waals surface area contributed by atoms with Gasteiger partial charge in [-0.2, -0.15) is 0 Å². The summed E-state index contributed by atoms with van der Waals surface area (Å²) in [6.45, 7) is 10.2. The molecule has 0 unspecified atom stereocenters. The fourth-order valence-corrected chi connectivity index (χ4v) is 5.16. The molecule has 1 saturated heterocycles. The molecule has 0 aliphatic carbocycles. The van der Waals surface area contributed by atoms with Gasteiger partial charge in [-0.25, -0.2) is 8.42 Å². The molecule has 162 valence electrons. The maximum atomic E-state index is 12.7. The summed E-state index contributed by atoms with van der Waals surface area (Å²) in [6.07, 6.45) is 1.63.